The van der Waals surface area contributed by atoms with Gasteiger partial charge in [-0.25, -0.2) is 31.4 Å². The minimum absolute atomic E-state index is 0.0612. The summed E-state index contributed by atoms with van der Waals surface area (Å²) >= 11 is 6.21. The van der Waals surface area contributed by atoms with Crippen molar-refractivity contribution in [2.45, 2.75) is 57.2 Å². The lowest BCUT2D eigenvalue weighted by molar-refractivity contribution is -0.115. The molecular weight excluding hydrogens is 696 g/mol. The summed E-state index contributed by atoms with van der Waals surface area (Å²) in [5.74, 6) is 0.472. The van der Waals surface area contributed by atoms with Gasteiger partial charge in [-0.05, 0) is 56.7 Å². The summed E-state index contributed by atoms with van der Waals surface area (Å²) in [4.78, 5) is 26.2. The molecule has 1 heterocycles. The van der Waals surface area contributed by atoms with Gasteiger partial charge in [-0.3, -0.25) is 9.69 Å². The number of hydrogen-bond acceptors (Lipinski definition) is 8. The maximum atomic E-state index is 13.9. The number of nitrogens with zero attached hydrogens (tertiary/aromatic N) is 3. The van der Waals surface area contributed by atoms with E-state index in [-0.39, 0.29) is 35.8 Å². The van der Waals surface area contributed by atoms with E-state index < -0.39 is 40.6 Å². The monoisotopic (exact) mass is 733 g/mol. The number of benzene rings is 3. The molecule has 0 aliphatic heterocycles. The van der Waals surface area contributed by atoms with Crippen molar-refractivity contribution < 1.29 is 41.0 Å². The number of hydrogen-bond donors (Lipinski definition) is 2. The lowest BCUT2D eigenvalue weighted by Gasteiger charge is -2.26. The standard InChI is InChI=1S/C34H38ClF2N5O7S/c1-34(2,3)49-33(44)41(21-31(36)37)19-22-17-38-42(20-22)28-13-11-25(40-32(43)14-23-8-6-7-9-27(23)35)15-30(28)50(45,46)39-18-24-10-12-26(47-4)16-29(24)48-5/h6-13,15-17,20,31,39H,14,18-19,21H2,1-5H3,(H,40,43). The second kappa shape index (κ2) is 16.3. The van der Waals surface area contributed by atoms with Crippen molar-refractivity contribution in [1.82, 2.24) is 19.4 Å². The van der Waals surface area contributed by atoms with E-state index in [1.54, 1.807) is 63.2 Å². The van der Waals surface area contributed by atoms with Crippen molar-refractivity contribution in [2.24, 2.45) is 0 Å². The number of nitrogens with one attached hydrogen (secondary N) is 2. The van der Waals surface area contributed by atoms with Crippen LogP contribution >= 0.6 is 11.6 Å². The highest BCUT2D eigenvalue weighted by atomic mass is 35.5. The van der Waals surface area contributed by atoms with Gasteiger partial charge in [-0.15, -0.1) is 0 Å². The van der Waals surface area contributed by atoms with E-state index in [4.69, 9.17) is 25.8 Å². The summed E-state index contributed by atoms with van der Waals surface area (Å²) in [5, 5.41) is 7.39. The van der Waals surface area contributed by atoms with E-state index in [0.717, 1.165) is 4.90 Å². The molecule has 2 N–H and O–H groups in total. The number of ether oxygens (including phenoxy) is 3. The molecule has 12 nitrogen and oxygen atoms in total. The first kappa shape index (κ1) is 38.1. The number of carbonyl (C=O) groups is 2. The number of alkyl halides is 2. The molecule has 4 rings (SSSR count). The van der Waals surface area contributed by atoms with Crippen LogP contribution in [0.5, 0.6) is 11.5 Å². The molecule has 0 saturated carbocycles. The molecule has 0 saturated heterocycles. The summed E-state index contributed by atoms with van der Waals surface area (Å²) in [6.07, 6.45) is -1.09. The Bertz CT molecular complexity index is 1930. The quantitative estimate of drug-likeness (QED) is 0.156. The fourth-order valence-electron chi connectivity index (χ4n) is 4.76. The lowest BCUT2D eigenvalue weighted by Crippen LogP contribution is -2.39. The van der Waals surface area contributed by atoms with Crippen LogP contribution in [0.1, 0.15) is 37.5 Å². The van der Waals surface area contributed by atoms with E-state index in [1.807, 2.05) is 0 Å². The van der Waals surface area contributed by atoms with Gasteiger partial charge in [0.1, 0.15) is 22.0 Å². The lowest BCUT2D eigenvalue weighted by atomic mass is 10.1. The minimum atomic E-state index is -4.32. The summed E-state index contributed by atoms with van der Waals surface area (Å²) in [6, 6.07) is 16.0. The molecule has 1 aromatic heterocycles. The Morgan fingerprint density at radius 1 is 1.02 bits per heavy atom. The molecule has 0 unspecified atom stereocenters. The van der Waals surface area contributed by atoms with Gasteiger partial charge in [0.05, 0.1) is 45.6 Å². The summed E-state index contributed by atoms with van der Waals surface area (Å²) in [7, 11) is -1.38. The third kappa shape index (κ3) is 10.4. The Hall–Kier alpha value is -4.73. The van der Waals surface area contributed by atoms with Crippen LogP contribution < -0.4 is 19.5 Å². The largest absolute Gasteiger partial charge is 0.497 e. The van der Waals surface area contributed by atoms with Crippen LogP contribution in [0.4, 0.5) is 19.3 Å². The molecule has 268 valence electrons. The predicted molar refractivity (Wildman–Crippen MR) is 184 cm³/mol. The predicted octanol–water partition coefficient (Wildman–Crippen LogP) is 6.20. The van der Waals surface area contributed by atoms with Crippen molar-refractivity contribution in [3.63, 3.8) is 0 Å². The van der Waals surface area contributed by atoms with Crippen molar-refractivity contribution in [3.05, 3.63) is 94.8 Å². The highest BCUT2D eigenvalue weighted by Gasteiger charge is 2.26. The topological polar surface area (TPSA) is 141 Å². The molecule has 50 heavy (non-hydrogen) atoms. The van der Waals surface area contributed by atoms with E-state index in [9.17, 15) is 26.8 Å². The van der Waals surface area contributed by atoms with E-state index in [0.29, 0.717) is 33.2 Å². The molecule has 0 atom stereocenters. The Labute approximate surface area is 294 Å². The molecule has 0 fully saturated rings. The SMILES string of the molecule is COc1ccc(CNS(=O)(=O)c2cc(NC(=O)Cc3ccccc3Cl)ccc2-n2cc(CN(CC(F)F)C(=O)OC(C)(C)C)cn2)c(OC)c1. The van der Waals surface area contributed by atoms with Gasteiger partial charge in [0, 0.05) is 40.6 Å². The van der Waals surface area contributed by atoms with E-state index in [1.165, 1.54) is 49.5 Å². The molecular formula is C34H38ClF2N5O7S. The summed E-state index contributed by atoms with van der Waals surface area (Å²) in [5.41, 5.74) is 0.764. The molecule has 0 aliphatic rings. The first-order valence-corrected chi connectivity index (χ1v) is 17.1. The van der Waals surface area contributed by atoms with Crippen molar-refractivity contribution in [1.29, 1.82) is 0 Å². The van der Waals surface area contributed by atoms with Gasteiger partial charge in [0.15, 0.2) is 0 Å². The zero-order valence-electron chi connectivity index (χ0n) is 28.1. The molecule has 4 aromatic rings. The zero-order valence-corrected chi connectivity index (χ0v) is 29.6. The molecule has 3 aromatic carbocycles. The number of methoxy groups -OCH3 is 2. The van der Waals surface area contributed by atoms with Gasteiger partial charge in [-0.1, -0.05) is 35.9 Å². The second-order valence-electron chi connectivity index (χ2n) is 12.0. The van der Waals surface area contributed by atoms with Crippen molar-refractivity contribution >= 4 is 39.3 Å². The third-order valence-electron chi connectivity index (χ3n) is 7.06. The number of sulfonamides is 1. The number of amides is 2. The Morgan fingerprint density at radius 2 is 1.76 bits per heavy atom. The highest BCUT2D eigenvalue weighted by Crippen LogP contribution is 2.28. The Kier molecular flexibility index (Phi) is 12.4. The van der Waals surface area contributed by atoms with Gasteiger partial charge in [0.2, 0.25) is 15.9 Å². The van der Waals surface area contributed by atoms with E-state index >= 15 is 0 Å². The maximum Gasteiger partial charge on any atom is 0.410 e. The molecule has 16 heteroatoms. The first-order valence-electron chi connectivity index (χ1n) is 15.3. The minimum Gasteiger partial charge on any atom is -0.497 e. The maximum absolute atomic E-state index is 13.9. The van der Waals surface area contributed by atoms with Crippen LogP contribution in [-0.2, 0) is 39.1 Å². The molecule has 0 spiro atoms. The normalized spacial score (nSPS) is 11.7. The number of rotatable bonds is 14. The van der Waals surface area contributed by atoms with Crippen LogP contribution in [0.15, 0.2) is 78.0 Å². The Morgan fingerprint density at radius 3 is 2.42 bits per heavy atom. The Balaban J connectivity index is 1.67. The van der Waals surface area contributed by atoms with Gasteiger partial charge < -0.3 is 19.5 Å². The van der Waals surface area contributed by atoms with E-state index in [2.05, 4.69) is 15.1 Å². The number of halogens is 3. The summed E-state index contributed by atoms with van der Waals surface area (Å²) < 4.78 is 74.4. The summed E-state index contributed by atoms with van der Waals surface area (Å²) in [6.45, 7) is 3.52. The van der Waals surface area contributed by atoms with Gasteiger partial charge >= 0.3 is 6.09 Å². The number of anilines is 1. The smallest absolute Gasteiger partial charge is 0.410 e. The van der Waals surface area contributed by atoms with Crippen LogP contribution in [0.2, 0.25) is 5.02 Å². The first-order chi connectivity index (χ1) is 23.6. The van der Waals surface area contributed by atoms with Crippen molar-refractivity contribution in [2.75, 3.05) is 26.1 Å². The van der Waals surface area contributed by atoms with Crippen LogP contribution in [-0.4, -0.2) is 67.9 Å². The van der Waals surface area contributed by atoms with Crippen molar-refractivity contribution in [3.8, 4) is 17.2 Å². The average molecular weight is 734 g/mol. The molecule has 0 aliphatic carbocycles. The van der Waals surface area contributed by atoms with Gasteiger partial charge in [-0.2, -0.15) is 5.10 Å². The average Bonchev–Trinajstić information content (AvgIpc) is 3.51. The van der Waals surface area contributed by atoms with Crippen LogP contribution in [0.25, 0.3) is 5.69 Å². The second-order valence-corrected chi connectivity index (χ2v) is 14.2. The highest BCUT2D eigenvalue weighted by molar-refractivity contribution is 7.89. The van der Waals surface area contributed by atoms with Crippen LogP contribution in [0, 0.1) is 0 Å². The molecule has 0 radical (unpaired) electrons. The molecule has 2 amide bonds. The molecule has 0 bridgehead atoms. The number of aromatic nitrogens is 2. The fourth-order valence-corrected chi connectivity index (χ4v) is 6.18. The van der Waals surface area contributed by atoms with Crippen LogP contribution in [0.3, 0.4) is 0 Å². The third-order valence-corrected chi connectivity index (χ3v) is 8.85. The fraction of sp³-hybridized carbons (Fsp3) is 0.324. The van der Waals surface area contributed by atoms with Gasteiger partial charge in [0.25, 0.3) is 6.43 Å². The zero-order chi connectivity index (χ0) is 36.6. The number of carbonyl (C=O) groups excluding carboxylic acids is 2.